The maximum atomic E-state index is 5.75. The van der Waals surface area contributed by atoms with Gasteiger partial charge in [0, 0.05) is 1.37 Å². The summed E-state index contributed by atoms with van der Waals surface area (Å²) in [4.78, 5) is 0. The van der Waals surface area contributed by atoms with E-state index in [4.69, 9.17) is 1.37 Å². The summed E-state index contributed by atoms with van der Waals surface area (Å²) in [5, 5.41) is 0. The molecule has 0 N–H and O–H groups in total. The Morgan fingerprint density at radius 3 is 0.889 bits per heavy atom. The smallest absolute Gasteiger partial charge is 0.0194 e. The molecule has 0 saturated carbocycles. The van der Waals surface area contributed by atoms with Gasteiger partial charge in [0.25, 0.3) is 0 Å². The molecular weight excluding hydrogens is 108 g/mol. The average Bonchev–Trinajstić information content (AvgIpc) is 1.99. The van der Waals surface area contributed by atoms with Gasteiger partial charge in [-0.1, -0.05) is 61.8 Å². The second kappa shape index (κ2) is 98.0. The molecule has 0 heteroatoms. The molecule has 0 radical (unpaired) electrons. The normalized spacial score (nSPS) is 5.44. The molecule has 0 amide bonds. The van der Waals surface area contributed by atoms with E-state index in [1.807, 2.05) is 13.8 Å². The third kappa shape index (κ3) is 0. The van der Waals surface area contributed by atoms with Gasteiger partial charge in [-0.3, -0.25) is 0 Å². The van der Waals surface area contributed by atoms with Crippen LogP contribution in [-0.4, -0.2) is 0 Å². The molecular formula is C9H26. The summed E-state index contributed by atoms with van der Waals surface area (Å²) in [6.45, 7) is 12.5. The van der Waals surface area contributed by atoms with E-state index >= 15 is 0 Å². The topological polar surface area (TPSA) is 0 Å². The van der Waals surface area contributed by atoms with Crippen LogP contribution >= 0.6 is 0 Å². The van der Waals surface area contributed by atoms with Crippen LogP contribution in [0.1, 0.15) is 63.2 Å². The largest absolute Gasteiger partial charge is 0.0776 e. The van der Waals surface area contributed by atoms with Crippen molar-refractivity contribution in [2.24, 2.45) is 0 Å². The highest BCUT2D eigenvalue weighted by Crippen LogP contribution is 1.56. The fourth-order valence-electron chi connectivity index (χ4n) is 0. The number of rotatable bonds is 0. The van der Waals surface area contributed by atoms with Crippen LogP contribution in [0.25, 0.3) is 0 Å². The van der Waals surface area contributed by atoms with E-state index in [1.54, 1.807) is 0 Å². The second-order valence-corrected chi connectivity index (χ2v) is 1.41. The molecule has 0 rings (SSSR count). The van der Waals surface area contributed by atoms with E-state index in [-0.39, 0.29) is 0 Å². The van der Waals surface area contributed by atoms with Gasteiger partial charge in [0.05, 0.1) is 0 Å². The van der Waals surface area contributed by atoms with Crippen molar-refractivity contribution >= 4 is 0 Å². The lowest BCUT2D eigenvalue weighted by Crippen LogP contribution is -1.27. The standard InChI is InChI=1S/2C3H8.C2H6.CH4/c2*1-3-2;1-2;/h2*3H2,1-2H3;1-2H3;1H4/i;;;1D. The first-order chi connectivity index (χ1) is 4.83. The zero-order valence-electron chi connectivity index (χ0n) is 9.41. The van der Waals surface area contributed by atoms with Gasteiger partial charge in [-0.15, -0.1) is 0 Å². The van der Waals surface area contributed by atoms with Gasteiger partial charge >= 0.3 is 0 Å². The molecule has 9 heavy (non-hydrogen) atoms. The molecule has 0 aromatic carbocycles. The van der Waals surface area contributed by atoms with Crippen LogP contribution in [0, 0.1) is 0 Å². The van der Waals surface area contributed by atoms with Crippen LogP contribution in [-0.2, 0) is 0 Å². The van der Waals surface area contributed by atoms with Gasteiger partial charge in [0.15, 0.2) is 0 Å². The zero-order valence-corrected chi connectivity index (χ0v) is 8.41. The van der Waals surface area contributed by atoms with Crippen molar-refractivity contribution in [3.05, 3.63) is 0 Å². The minimum absolute atomic E-state index is 1.25. The van der Waals surface area contributed by atoms with E-state index in [0.29, 0.717) is 0 Å². The first kappa shape index (κ1) is 16.0. The summed E-state index contributed by atoms with van der Waals surface area (Å²) in [6, 6.07) is 0. The van der Waals surface area contributed by atoms with Crippen LogP contribution in [0.4, 0.5) is 0 Å². The molecule has 0 aliphatic rings. The lowest BCUT2D eigenvalue weighted by Gasteiger charge is -1.48. The number of hydrogen-bond acceptors (Lipinski definition) is 0. The fraction of sp³-hybridized carbons (Fsp3) is 1.00. The Kier molecular flexibility index (Phi) is 174. The predicted molar refractivity (Wildman–Crippen MR) is 50.0 cm³/mol. The first-order valence-corrected chi connectivity index (χ1v) is 3.83. The Hall–Kier alpha value is 0. The highest BCUT2D eigenvalue weighted by Gasteiger charge is 1.36. The Morgan fingerprint density at radius 1 is 0.889 bits per heavy atom. The lowest BCUT2D eigenvalue weighted by molar-refractivity contribution is 1.09. The monoisotopic (exact) mass is 135 g/mol. The van der Waals surface area contributed by atoms with Crippen molar-refractivity contribution in [1.82, 2.24) is 0 Å². The first-order valence-electron chi connectivity index (χ1n) is 4.83. The lowest BCUT2D eigenvalue weighted by atomic mass is 10.6. The van der Waals surface area contributed by atoms with Gasteiger partial charge in [-0.05, 0) is 0 Å². The third-order valence-corrected chi connectivity index (χ3v) is 0. The Labute approximate surface area is 64.1 Å². The molecule has 0 aliphatic carbocycles. The van der Waals surface area contributed by atoms with Crippen LogP contribution in [0.3, 0.4) is 0 Å². The molecule has 62 valence electrons. The maximum Gasteiger partial charge on any atom is 0.0194 e. The summed E-state index contributed by atoms with van der Waals surface area (Å²) < 4.78 is 5.75. The molecule has 0 fully saturated rings. The molecule has 0 heterocycles. The van der Waals surface area contributed by atoms with Gasteiger partial charge < -0.3 is 0 Å². The SMILES string of the molecule is CC.CCC.CCC.[2H]C. The predicted octanol–water partition coefficient (Wildman–Crippen LogP) is 4.49. The van der Waals surface area contributed by atoms with E-state index in [2.05, 4.69) is 27.7 Å². The van der Waals surface area contributed by atoms with Crippen molar-refractivity contribution in [3.8, 4) is 0 Å². The van der Waals surface area contributed by atoms with Crippen LogP contribution in [0.5, 0.6) is 0 Å². The van der Waals surface area contributed by atoms with Gasteiger partial charge in [0.1, 0.15) is 0 Å². The Balaban J connectivity index is -0.0000000246. The van der Waals surface area contributed by atoms with Crippen LogP contribution < -0.4 is 0 Å². The highest BCUT2D eigenvalue weighted by molar-refractivity contribution is 3.92. The number of hydrogen-bond donors (Lipinski definition) is 0. The molecule has 0 aromatic heterocycles. The Morgan fingerprint density at radius 2 is 0.889 bits per heavy atom. The summed E-state index contributed by atoms with van der Waals surface area (Å²) >= 11 is 0. The molecule has 0 aliphatic heterocycles. The average molecular weight is 135 g/mol. The van der Waals surface area contributed by atoms with Crippen molar-refractivity contribution in [2.75, 3.05) is 0 Å². The fourth-order valence-corrected chi connectivity index (χ4v) is 0. The molecule has 0 bridgehead atoms. The van der Waals surface area contributed by atoms with Crippen molar-refractivity contribution in [1.29, 1.82) is 0 Å². The molecule has 0 spiro atoms. The van der Waals surface area contributed by atoms with E-state index in [9.17, 15) is 0 Å². The third-order valence-electron chi connectivity index (χ3n) is 0. The molecule has 0 aromatic rings. The second-order valence-electron chi connectivity index (χ2n) is 1.41. The van der Waals surface area contributed by atoms with Crippen molar-refractivity contribution in [3.63, 3.8) is 0 Å². The van der Waals surface area contributed by atoms with Crippen LogP contribution in [0.15, 0.2) is 0 Å². The van der Waals surface area contributed by atoms with Crippen molar-refractivity contribution < 1.29 is 1.37 Å². The summed E-state index contributed by atoms with van der Waals surface area (Å²) in [5.74, 6) is 0. The minimum Gasteiger partial charge on any atom is -0.0776 e. The highest BCUT2D eigenvalue weighted by atomic mass is 13.4. The van der Waals surface area contributed by atoms with Gasteiger partial charge in [0.2, 0.25) is 0 Å². The Bertz CT molecular complexity index is 6.69. The van der Waals surface area contributed by atoms with E-state index in [1.165, 1.54) is 20.2 Å². The van der Waals surface area contributed by atoms with Gasteiger partial charge in [-0.2, -0.15) is 0 Å². The van der Waals surface area contributed by atoms with E-state index in [0.717, 1.165) is 0 Å². The van der Waals surface area contributed by atoms with Crippen LogP contribution in [0.2, 0.25) is 0 Å². The summed E-state index contributed by atoms with van der Waals surface area (Å²) in [6.07, 6.45) is 2.50. The minimum atomic E-state index is 1.25. The molecule has 0 atom stereocenters. The zero-order chi connectivity index (χ0) is 9.41. The van der Waals surface area contributed by atoms with Gasteiger partial charge in [-0.25, -0.2) is 0 Å². The molecule has 0 nitrogen and oxygen atoms in total. The quantitative estimate of drug-likeness (QED) is 0.459. The summed E-state index contributed by atoms with van der Waals surface area (Å²) in [5.41, 5.74) is 0. The maximum absolute atomic E-state index is 5.75. The van der Waals surface area contributed by atoms with Crippen molar-refractivity contribution in [2.45, 2.75) is 61.8 Å². The molecule has 0 unspecified atom stereocenters. The molecule has 0 saturated heterocycles. The summed E-state index contributed by atoms with van der Waals surface area (Å²) in [7, 11) is 1.25. The van der Waals surface area contributed by atoms with E-state index < -0.39 is 0 Å².